The number of hydrogen-bond donors (Lipinski definition) is 1. The van der Waals surface area contributed by atoms with Gasteiger partial charge in [0.15, 0.2) is 0 Å². The van der Waals surface area contributed by atoms with Crippen LogP contribution in [-0.4, -0.2) is 15.3 Å². The summed E-state index contributed by atoms with van der Waals surface area (Å²) >= 11 is 7.44. The third kappa shape index (κ3) is 6.13. The molecule has 0 aliphatic rings. The molecule has 1 aromatic rings. The number of aromatic nitrogens is 2. The van der Waals surface area contributed by atoms with Gasteiger partial charge in [-0.15, -0.1) is 0 Å². The second-order valence-corrected chi connectivity index (χ2v) is 6.11. The maximum atomic E-state index is 11.9. The van der Waals surface area contributed by atoms with Gasteiger partial charge in [-0.2, -0.15) is 12.6 Å². The maximum absolute atomic E-state index is 11.9. The zero-order valence-corrected chi connectivity index (χ0v) is 14.0. The molecule has 0 saturated carbocycles. The molecule has 0 aliphatic heterocycles. The van der Waals surface area contributed by atoms with Gasteiger partial charge in [-0.05, 0) is 41.4 Å². The average Bonchev–Trinajstić information content (AvgIpc) is 2.40. The highest BCUT2D eigenvalue weighted by Gasteiger charge is 2.04. The highest BCUT2D eigenvalue weighted by Crippen LogP contribution is 2.09. The Balaban J connectivity index is 2.23. The number of aryl methyl sites for hydroxylation is 1. The molecule has 0 amide bonds. The van der Waals surface area contributed by atoms with Gasteiger partial charge < -0.3 is 0 Å². The molecule has 3 nitrogen and oxygen atoms in total. The van der Waals surface area contributed by atoms with Crippen molar-refractivity contribution >= 4 is 28.6 Å². The minimum Gasteiger partial charge on any atom is -0.296 e. The monoisotopic (exact) mass is 346 g/mol. The topological polar surface area (TPSA) is 34.9 Å². The number of hydrogen-bond acceptors (Lipinski definition) is 3. The molecule has 0 radical (unpaired) electrons. The van der Waals surface area contributed by atoms with Crippen molar-refractivity contribution in [2.24, 2.45) is 0 Å². The van der Waals surface area contributed by atoms with Crippen molar-refractivity contribution in [3.05, 3.63) is 26.8 Å². The molecule has 0 atom stereocenters. The Morgan fingerprint density at radius 2 is 1.74 bits per heavy atom. The normalized spacial score (nSPS) is 10.9. The predicted octanol–water partition coefficient (Wildman–Crippen LogP) is 3.97. The van der Waals surface area contributed by atoms with Gasteiger partial charge in [-0.3, -0.25) is 9.36 Å². The Bertz CT molecular complexity index is 434. The quantitative estimate of drug-likeness (QED) is 0.542. The lowest BCUT2D eigenvalue weighted by molar-refractivity contribution is 0.530. The SMILES string of the molecule is Cc1ncc(Br)c(=O)n1CCCCCCCCCS. The van der Waals surface area contributed by atoms with Crippen molar-refractivity contribution in [1.82, 2.24) is 9.55 Å². The average molecular weight is 347 g/mol. The summed E-state index contributed by atoms with van der Waals surface area (Å²) in [6, 6.07) is 0. The van der Waals surface area contributed by atoms with Crippen molar-refractivity contribution in [2.45, 2.75) is 58.4 Å². The minimum absolute atomic E-state index is 0.0290. The van der Waals surface area contributed by atoms with E-state index in [1.54, 1.807) is 10.8 Å². The molecule has 0 aromatic carbocycles. The standard InChI is InChI=1S/C14H23BrN2OS/c1-12-16-11-13(15)14(18)17(12)9-7-5-3-2-4-6-8-10-19/h11,19H,2-10H2,1H3. The maximum Gasteiger partial charge on any atom is 0.267 e. The number of thiol groups is 1. The van der Waals surface area contributed by atoms with E-state index in [4.69, 9.17) is 0 Å². The van der Waals surface area contributed by atoms with Gasteiger partial charge in [0.25, 0.3) is 5.56 Å². The van der Waals surface area contributed by atoms with Gasteiger partial charge in [-0.25, -0.2) is 4.98 Å². The van der Waals surface area contributed by atoms with E-state index in [0.29, 0.717) is 4.47 Å². The number of rotatable bonds is 9. The van der Waals surface area contributed by atoms with Gasteiger partial charge in [0.2, 0.25) is 0 Å². The fourth-order valence-electron chi connectivity index (χ4n) is 2.08. The molecule has 0 saturated heterocycles. The van der Waals surface area contributed by atoms with E-state index in [1.807, 2.05) is 6.92 Å². The zero-order valence-electron chi connectivity index (χ0n) is 11.6. The van der Waals surface area contributed by atoms with Gasteiger partial charge >= 0.3 is 0 Å². The van der Waals surface area contributed by atoms with Crippen LogP contribution in [0.2, 0.25) is 0 Å². The van der Waals surface area contributed by atoms with Crippen molar-refractivity contribution in [1.29, 1.82) is 0 Å². The van der Waals surface area contributed by atoms with Crippen LogP contribution < -0.4 is 5.56 Å². The molecule has 1 rings (SSSR count). The largest absolute Gasteiger partial charge is 0.296 e. The summed E-state index contributed by atoms with van der Waals surface area (Å²) in [5, 5.41) is 0. The molecule has 108 valence electrons. The summed E-state index contributed by atoms with van der Waals surface area (Å²) in [7, 11) is 0. The summed E-state index contributed by atoms with van der Waals surface area (Å²) in [5.41, 5.74) is 0.0290. The van der Waals surface area contributed by atoms with E-state index in [-0.39, 0.29) is 5.56 Å². The summed E-state index contributed by atoms with van der Waals surface area (Å²) in [4.78, 5) is 16.1. The molecule has 19 heavy (non-hydrogen) atoms. The van der Waals surface area contributed by atoms with E-state index < -0.39 is 0 Å². The first-order valence-corrected chi connectivity index (χ1v) is 8.42. The second-order valence-electron chi connectivity index (χ2n) is 4.81. The molecule has 0 fully saturated rings. The van der Waals surface area contributed by atoms with Crippen molar-refractivity contribution < 1.29 is 0 Å². The van der Waals surface area contributed by atoms with Crippen LogP contribution in [-0.2, 0) is 6.54 Å². The van der Waals surface area contributed by atoms with Crippen LogP contribution in [0.3, 0.4) is 0 Å². The number of nitrogens with zero attached hydrogens (tertiary/aromatic N) is 2. The first-order valence-electron chi connectivity index (χ1n) is 6.99. The third-order valence-electron chi connectivity index (χ3n) is 3.24. The summed E-state index contributed by atoms with van der Waals surface area (Å²) in [5.74, 6) is 1.79. The molecule has 0 N–H and O–H groups in total. The van der Waals surface area contributed by atoms with Gasteiger partial charge in [0.05, 0.1) is 0 Å². The van der Waals surface area contributed by atoms with Crippen LogP contribution in [0.4, 0.5) is 0 Å². The number of halogens is 1. The summed E-state index contributed by atoms with van der Waals surface area (Å²) < 4.78 is 2.30. The van der Waals surface area contributed by atoms with E-state index in [0.717, 1.165) is 24.5 Å². The number of unbranched alkanes of at least 4 members (excludes halogenated alkanes) is 6. The second kappa shape index (κ2) is 9.59. The highest BCUT2D eigenvalue weighted by atomic mass is 79.9. The highest BCUT2D eigenvalue weighted by molar-refractivity contribution is 9.10. The Labute approximate surface area is 129 Å². The summed E-state index contributed by atoms with van der Waals surface area (Å²) in [6.45, 7) is 2.65. The lowest BCUT2D eigenvalue weighted by Gasteiger charge is -2.09. The molecule has 0 aliphatic carbocycles. The van der Waals surface area contributed by atoms with E-state index in [1.165, 1.54) is 38.5 Å². The Morgan fingerprint density at radius 1 is 1.16 bits per heavy atom. The van der Waals surface area contributed by atoms with Gasteiger partial charge in [0, 0.05) is 12.7 Å². The van der Waals surface area contributed by atoms with Crippen molar-refractivity contribution in [3.63, 3.8) is 0 Å². The van der Waals surface area contributed by atoms with Gasteiger partial charge in [0.1, 0.15) is 10.3 Å². The minimum atomic E-state index is 0.0290. The van der Waals surface area contributed by atoms with Crippen molar-refractivity contribution in [2.75, 3.05) is 5.75 Å². The smallest absolute Gasteiger partial charge is 0.267 e. The molecule has 0 bridgehead atoms. The Kier molecular flexibility index (Phi) is 8.46. The molecule has 0 spiro atoms. The first-order chi connectivity index (χ1) is 9.16. The molecule has 0 unspecified atom stereocenters. The summed E-state index contributed by atoms with van der Waals surface area (Å²) in [6.07, 6.45) is 10.2. The predicted molar refractivity (Wildman–Crippen MR) is 87.1 cm³/mol. The lowest BCUT2D eigenvalue weighted by Crippen LogP contribution is -2.24. The van der Waals surface area contributed by atoms with Gasteiger partial charge in [-0.1, -0.05) is 32.1 Å². The van der Waals surface area contributed by atoms with Crippen LogP contribution in [0.25, 0.3) is 0 Å². The third-order valence-corrected chi connectivity index (χ3v) is 4.10. The molecule has 1 aromatic heterocycles. The Hall–Kier alpha value is -0.290. The fraction of sp³-hybridized carbons (Fsp3) is 0.714. The van der Waals surface area contributed by atoms with Crippen LogP contribution in [0.5, 0.6) is 0 Å². The molecular weight excluding hydrogens is 324 g/mol. The molecular formula is C14H23BrN2OS. The molecule has 5 heteroatoms. The van der Waals surface area contributed by atoms with Crippen LogP contribution in [0.1, 0.15) is 50.8 Å². The van der Waals surface area contributed by atoms with E-state index in [9.17, 15) is 4.79 Å². The molecule has 1 heterocycles. The first kappa shape index (κ1) is 16.8. The Morgan fingerprint density at radius 3 is 2.37 bits per heavy atom. The van der Waals surface area contributed by atoms with E-state index in [2.05, 4.69) is 33.5 Å². The van der Waals surface area contributed by atoms with Crippen LogP contribution in [0.15, 0.2) is 15.5 Å². The zero-order chi connectivity index (χ0) is 14.1. The van der Waals surface area contributed by atoms with Crippen LogP contribution >= 0.6 is 28.6 Å². The fourth-order valence-corrected chi connectivity index (χ4v) is 2.62. The lowest BCUT2D eigenvalue weighted by atomic mass is 10.1. The van der Waals surface area contributed by atoms with E-state index >= 15 is 0 Å². The van der Waals surface area contributed by atoms with Crippen LogP contribution in [0, 0.1) is 6.92 Å². The van der Waals surface area contributed by atoms with Crippen molar-refractivity contribution in [3.8, 4) is 0 Å².